The number of rotatable bonds is 9. The van der Waals surface area contributed by atoms with Crippen molar-refractivity contribution in [3.8, 4) is 0 Å². The lowest BCUT2D eigenvalue weighted by Gasteiger charge is -2.05. The number of amides is 1. The first-order valence-electron chi connectivity index (χ1n) is 8.75. The molecule has 2 heterocycles. The normalized spacial score (nSPS) is 10.9. The molecule has 3 aromatic rings. The van der Waals surface area contributed by atoms with E-state index in [-0.39, 0.29) is 5.91 Å². The number of nitrogens with one attached hydrogen (secondary N) is 2. The number of hydrogen-bond acceptors (Lipinski definition) is 5. The third-order valence-corrected chi connectivity index (χ3v) is 4.11. The maximum Gasteiger partial charge on any atom is 0.275 e. The Bertz CT molecular complexity index is 935. The minimum absolute atomic E-state index is 0.283. The molecule has 0 fully saturated rings. The fourth-order valence-corrected chi connectivity index (χ4v) is 2.72. The maximum atomic E-state index is 12.5. The smallest absolute Gasteiger partial charge is 0.275 e. The standard InChI is InChI=1S/C20H23N5O2/c1-21-16-6-3-4-7-17(16)24-20(26)18-14-25-10-8-15(12-19(25)23-18)13-22-9-5-11-27-2/h3-4,6-8,10,12,14,22H,1,5,9,11,13H2,2H3,(H,24,26). The number of pyridine rings is 1. The number of aromatic nitrogens is 2. The highest BCUT2D eigenvalue weighted by atomic mass is 16.5. The van der Waals surface area contributed by atoms with Gasteiger partial charge in [0.05, 0.1) is 11.4 Å². The van der Waals surface area contributed by atoms with Crippen molar-refractivity contribution in [1.29, 1.82) is 0 Å². The van der Waals surface area contributed by atoms with Crippen molar-refractivity contribution in [3.63, 3.8) is 0 Å². The molecule has 0 spiro atoms. The Morgan fingerprint density at radius 2 is 2.19 bits per heavy atom. The van der Waals surface area contributed by atoms with Gasteiger partial charge in [-0.2, -0.15) is 0 Å². The van der Waals surface area contributed by atoms with Crippen molar-refractivity contribution in [3.05, 3.63) is 60.0 Å². The van der Waals surface area contributed by atoms with Gasteiger partial charge in [0.15, 0.2) is 0 Å². The Balaban J connectivity index is 1.68. The van der Waals surface area contributed by atoms with Gasteiger partial charge in [0.25, 0.3) is 5.91 Å². The molecule has 7 nitrogen and oxygen atoms in total. The van der Waals surface area contributed by atoms with Gasteiger partial charge in [-0.05, 0) is 49.5 Å². The summed E-state index contributed by atoms with van der Waals surface area (Å²) in [6, 6.07) is 11.2. The van der Waals surface area contributed by atoms with Gasteiger partial charge >= 0.3 is 0 Å². The number of nitrogens with zero attached hydrogens (tertiary/aromatic N) is 3. The average molecular weight is 365 g/mol. The third kappa shape index (κ3) is 4.78. The molecule has 3 rings (SSSR count). The van der Waals surface area contributed by atoms with Crippen LogP contribution in [-0.2, 0) is 11.3 Å². The molecule has 140 valence electrons. The van der Waals surface area contributed by atoms with Crippen molar-refractivity contribution < 1.29 is 9.53 Å². The molecule has 0 atom stereocenters. The second-order valence-corrected chi connectivity index (χ2v) is 6.08. The number of methoxy groups -OCH3 is 1. The molecule has 7 heteroatoms. The Hall–Kier alpha value is -3.03. The predicted octanol–water partition coefficient (Wildman–Crippen LogP) is 3.04. The number of benzene rings is 1. The van der Waals surface area contributed by atoms with E-state index in [1.54, 1.807) is 25.4 Å². The molecule has 0 aliphatic rings. The number of ether oxygens (including phenoxy) is 1. The Morgan fingerprint density at radius 3 is 3.00 bits per heavy atom. The fourth-order valence-electron chi connectivity index (χ4n) is 2.72. The summed E-state index contributed by atoms with van der Waals surface area (Å²) in [4.78, 5) is 20.9. The highest BCUT2D eigenvalue weighted by Gasteiger charge is 2.13. The first-order valence-corrected chi connectivity index (χ1v) is 8.75. The predicted molar refractivity (Wildman–Crippen MR) is 107 cm³/mol. The van der Waals surface area contributed by atoms with Gasteiger partial charge < -0.3 is 19.8 Å². The number of aliphatic imine (C=N–C) groups is 1. The first kappa shape index (κ1) is 18.8. The molecule has 27 heavy (non-hydrogen) atoms. The van der Waals surface area contributed by atoms with Gasteiger partial charge in [-0.3, -0.25) is 9.79 Å². The van der Waals surface area contributed by atoms with E-state index in [4.69, 9.17) is 4.74 Å². The number of imidazole rings is 1. The molecule has 0 aliphatic carbocycles. The largest absolute Gasteiger partial charge is 0.385 e. The lowest BCUT2D eigenvalue weighted by atomic mass is 10.2. The summed E-state index contributed by atoms with van der Waals surface area (Å²) in [7, 11) is 1.70. The maximum absolute atomic E-state index is 12.5. The van der Waals surface area contributed by atoms with Crippen molar-refractivity contribution in [1.82, 2.24) is 14.7 Å². The SMILES string of the molecule is C=Nc1ccccc1NC(=O)c1cn2ccc(CNCCCOC)cc2n1. The number of anilines is 1. The van der Waals surface area contributed by atoms with Gasteiger partial charge in [0.1, 0.15) is 11.3 Å². The molecule has 2 N–H and O–H groups in total. The van der Waals surface area contributed by atoms with Crippen LogP contribution in [0, 0.1) is 0 Å². The highest BCUT2D eigenvalue weighted by molar-refractivity contribution is 6.04. The number of carbonyl (C=O) groups is 1. The minimum atomic E-state index is -0.283. The van der Waals surface area contributed by atoms with E-state index in [1.165, 1.54) is 0 Å². The highest BCUT2D eigenvalue weighted by Crippen LogP contribution is 2.24. The molecule has 0 aliphatic heterocycles. The zero-order valence-corrected chi connectivity index (χ0v) is 15.3. The summed E-state index contributed by atoms with van der Waals surface area (Å²) in [5.74, 6) is -0.283. The molecule has 1 amide bonds. The van der Waals surface area contributed by atoms with E-state index in [0.717, 1.165) is 37.3 Å². The summed E-state index contributed by atoms with van der Waals surface area (Å²) in [5, 5.41) is 6.20. The summed E-state index contributed by atoms with van der Waals surface area (Å²) in [6.07, 6.45) is 4.59. The van der Waals surface area contributed by atoms with Gasteiger partial charge in [-0.1, -0.05) is 12.1 Å². The van der Waals surface area contributed by atoms with Crippen LogP contribution in [0.4, 0.5) is 11.4 Å². The second-order valence-electron chi connectivity index (χ2n) is 6.08. The van der Waals surface area contributed by atoms with Crippen LogP contribution in [0.2, 0.25) is 0 Å². The monoisotopic (exact) mass is 365 g/mol. The minimum Gasteiger partial charge on any atom is -0.385 e. The fraction of sp³-hybridized carbons (Fsp3) is 0.250. The van der Waals surface area contributed by atoms with Gasteiger partial charge in [0, 0.05) is 32.7 Å². The van der Waals surface area contributed by atoms with Crippen molar-refractivity contribution in [2.45, 2.75) is 13.0 Å². The van der Waals surface area contributed by atoms with Crippen LogP contribution in [-0.4, -0.2) is 42.3 Å². The number of fused-ring (bicyclic) bond motifs is 1. The Labute approximate surface area is 158 Å². The molecule has 2 aromatic heterocycles. The summed E-state index contributed by atoms with van der Waals surface area (Å²) in [5.41, 5.74) is 3.41. The molecule has 0 radical (unpaired) electrons. The van der Waals surface area contributed by atoms with E-state index in [2.05, 4.69) is 27.3 Å². The summed E-state index contributed by atoms with van der Waals surface area (Å²) in [6.45, 7) is 5.90. The molecule has 0 saturated heterocycles. The van der Waals surface area contributed by atoms with Gasteiger partial charge in [-0.25, -0.2) is 4.98 Å². The Morgan fingerprint density at radius 1 is 1.33 bits per heavy atom. The van der Waals surface area contributed by atoms with Gasteiger partial charge in [0.2, 0.25) is 0 Å². The number of carbonyl (C=O) groups excluding carboxylic acids is 1. The summed E-state index contributed by atoms with van der Waals surface area (Å²) < 4.78 is 6.87. The van der Waals surface area contributed by atoms with Crippen LogP contribution in [0.1, 0.15) is 22.5 Å². The Kier molecular flexibility index (Phi) is 6.30. The summed E-state index contributed by atoms with van der Waals surface area (Å²) >= 11 is 0. The quantitative estimate of drug-likeness (QED) is 0.451. The van der Waals surface area contributed by atoms with Crippen LogP contribution in [0.3, 0.4) is 0 Å². The molecule has 0 saturated carbocycles. The van der Waals surface area contributed by atoms with Crippen molar-refractivity contribution in [2.75, 3.05) is 25.6 Å². The third-order valence-electron chi connectivity index (χ3n) is 4.11. The van der Waals surface area contributed by atoms with Crippen LogP contribution >= 0.6 is 0 Å². The van der Waals surface area contributed by atoms with Crippen LogP contribution in [0.25, 0.3) is 5.65 Å². The van der Waals surface area contributed by atoms with Crippen molar-refractivity contribution in [2.24, 2.45) is 4.99 Å². The van der Waals surface area contributed by atoms with Crippen LogP contribution < -0.4 is 10.6 Å². The molecule has 0 bridgehead atoms. The van der Waals surface area contributed by atoms with Crippen LogP contribution in [0.15, 0.2) is 53.8 Å². The van der Waals surface area contributed by atoms with E-state index >= 15 is 0 Å². The van der Waals surface area contributed by atoms with E-state index < -0.39 is 0 Å². The molecule has 1 aromatic carbocycles. The molecule has 0 unspecified atom stereocenters. The molecular weight excluding hydrogens is 342 g/mol. The zero-order chi connectivity index (χ0) is 19.1. The molecular formula is C20H23N5O2. The number of hydrogen-bond donors (Lipinski definition) is 2. The average Bonchev–Trinajstić information content (AvgIpc) is 3.12. The lowest BCUT2D eigenvalue weighted by molar-refractivity contribution is 0.102. The second kappa shape index (κ2) is 9.07. The van der Waals surface area contributed by atoms with E-state index in [1.807, 2.05) is 34.9 Å². The van der Waals surface area contributed by atoms with E-state index in [9.17, 15) is 4.79 Å². The van der Waals surface area contributed by atoms with Crippen molar-refractivity contribution >= 4 is 29.6 Å². The lowest BCUT2D eigenvalue weighted by Crippen LogP contribution is -2.16. The zero-order valence-electron chi connectivity index (χ0n) is 15.3. The van der Waals surface area contributed by atoms with E-state index in [0.29, 0.717) is 17.1 Å². The first-order chi connectivity index (χ1) is 13.2. The van der Waals surface area contributed by atoms with Crippen LogP contribution in [0.5, 0.6) is 0 Å². The number of para-hydroxylation sites is 2. The van der Waals surface area contributed by atoms with Gasteiger partial charge in [-0.15, -0.1) is 0 Å². The topological polar surface area (TPSA) is 80.0 Å².